The van der Waals surface area contributed by atoms with Crippen molar-refractivity contribution >= 4 is 23.1 Å². The predicted octanol–water partition coefficient (Wildman–Crippen LogP) is 2.53. The van der Waals surface area contributed by atoms with Crippen molar-refractivity contribution in [3.05, 3.63) is 56.3 Å². The van der Waals surface area contributed by atoms with E-state index in [0.29, 0.717) is 5.82 Å². The molecule has 0 unspecified atom stereocenters. The summed E-state index contributed by atoms with van der Waals surface area (Å²) in [7, 11) is 0. The summed E-state index contributed by atoms with van der Waals surface area (Å²) in [4.78, 5) is 32.4. The normalized spacial score (nSPS) is 10.6. The fraction of sp³-hybridized carbons (Fsp3) is 0.231. The zero-order valence-corrected chi connectivity index (χ0v) is 12.3. The van der Waals surface area contributed by atoms with E-state index < -0.39 is 27.1 Å². The number of hydrogen-bond acceptors (Lipinski definition) is 6. The molecule has 2 aromatic rings. The lowest BCUT2D eigenvalue weighted by Crippen LogP contribution is -2.17. The molecule has 10 heteroatoms. The van der Waals surface area contributed by atoms with Gasteiger partial charge in [-0.1, -0.05) is 0 Å². The number of anilines is 1. The smallest absolute Gasteiger partial charge is 0.277 e. The molecule has 10 nitrogen and oxygen atoms in total. The van der Waals surface area contributed by atoms with Gasteiger partial charge in [0.1, 0.15) is 5.82 Å². The Labute approximate surface area is 130 Å². The number of nitrogens with zero attached hydrogens (tertiary/aromatic N) is 4. The van der Waals surface area contributed by atoms with Gasteiger partial charge in [-0.3, -0.25) is 25.0 Å². The van der Waals surface area contributed by atoms with Crippen LogP contribution in [0.25, 0.3) is 0 Å². The predicted molar refractivity (Wildman–Crippen MR) is 80.3 cm³/mol. The number of nitro benzene ring substituents is 2. The van der Waals surface area contributed by atoms with Crippen LogP contribution >= 0.6 is 0 Å². The third-order valence-corrected chi connectivity index (χ3v) is 2.99. The molecule has 2 rings (SSSR count). The molecule has 120 valence electrons. The molecule has 1 aromatic heterocycles. The molecule has 0 radical (unpaired) electrons. The van der Waals surface area contributed by atoms with Crippen LogP contribution in [-0.4, -0.2) is 25.5 Å². The van der Waals surface area contributed by atoms with E-state index in [4.69, 9.17) is 0 Å². The topological polar surface area (TPSA) is 133 Å². The van der Waals surface area contributed by atoms with Gasteiger partial charge in [0, 0.05) is 24.2 Å². The maximum Gasteiger partial charge on any atom is 0.277 e. The van der Waals surface area contributed by atoms with Crippen molar-refractivity contribution in [3.8, 4) is 0 Å². The number of carbonyl (C=O) groups excluding carboxylic acids is 1. The maximum absolute atomic E-state index is 12.2. The van der Waals surface area contributed by atoms with Gasteiger partial charge in [-0.15, -0.1) is 0 Å². The summed E-state index contributed by atoms with van der Waals surface area (Å²) in [6.45, 7) is 3.72. The Morgan fingerprint density at radius 3 is 2.22 bits per heavy atom. The number of non-ortho nitro benzene ring substituents is 2. The largest absolute Gasteiger partial charge is 0.307 e. The summed E-state index contributed by atoms with van der Waals surface area (Å²) in [5, 5.41) is 28.3. The molecule has 0 fully saturated rings. The molecule has 0 atom stereocenters. The number of aromatic nitrogens is 2. The molecule has 23 heavy (non-hydrogen) atoms. The Morgan fingerprint density at radius 2 is 1.74 bits per heavy atom. The summed E-state index contributed by atoms with van der Waals surface area (Å²) in [5.74, 6) is -0.307. The lowest BCUT2D eigenvalue weighted by molar-refractivity contribution is -0.394. The van der Waals surface area contributed by atoms with Crippen LogP contribution in [0.2, 0.25) is 0 Å². The molecular formula is C13H13N5O5. The average Bonchev–Trinajstić information content (AvgIpc) is 2.94. The Kier molecular flexibility index (Phi) is 4.35. The van der Waals surface area contributed by atoms with Crippen molar-refractivity contribution in [2.45, 2.75) is 19.9 Å². The van der Waals surface area contributed by atoms with Gasteiger partial charge >= 0.3 is 0 Å². The van der Waals surface area contributed by atoms with Gasteiger partial charge in [-0.2, -0.15) is 5.10 Å². The van der Waals surface area contributed by atoms with E-state index in [1.807, 2.05) is 13.8 Å². The van der Waals surface area contributed by atoms with Gasteiger partial charge in [-0.25, -0.2) is 4.68 Å². The van der Waals surface area contributed by atoms with Gasteiger partial charge in [0.05, 0.1) is 27.7 Å². The molecular weight excluding hydrogens is 306 g/mol. The fourth-order valence-electron chi connectivity index (χ4n) is 1.95. The SMILES string of the molecule is CC(C)n1nccc1NC(=O)c1cc([N+](=O)[O-])cc([N+](=O)[O-])c1. The zero-order valence-electron chi connectivity index (χ0n) is 12.3. The molecule has 0 spiro atoms. The Balaban J connectivity index is 2.37. The van der Waals surface area contributed by atoms with E-state index >= 15 is 0 Å². The van der Waals surface area contributed by atoms with Gasteiger partial charge in [0.25, 0.3) is 17.3 Å². The molecule has 0 aliphatic rings. The minimum absolute atomic E-state index is 0.0141. The standard InChI is InChI=1S/C13H13N5O5/c1-8(2)16-12(3-4-14-16)15-13(19)9-5-10(17(20)21)7-11(6-9)18(22)23/h3-8H,1-2H3,(H,15,19). The number of nitrogens with one attached hydrogen (secondary N) is 1. The summed E-state index contributed by atoms with van der Waals surface area (Å²) in [6.07, 6.45) is 1.49. The quantitative estimate of drug-likeness (QED) is 0.665. The van der Waals surface area contributed by atoms with Crippen molar-refractivity contribution < 1.29 is 14.6 Å². The number of nitro groups is 2. The highest BCUT2D eigenvalue weighted by molar-refractivity contribution is 6.04. The van der Waals surface area contributed by atoms with Gasteiger partial charge in [0.2, 0.25) is 0 Å². The average molecular weight is 319 g/mol. The number of benzene rings is 1. The first-order valence-electron chi connectivity index (χ1n) is 6.58. The zero-order chi connectivity index (χ0) is 17.1. The van der Waals surface area contributed by atoms with Gasteiger partial charge < -0.3 is 5.32 Å². The molecule has 1 aromatic carbocycles. The summed E-state index contributed by atoms with van der Waals surface area (Å²) < 4.78 is 1.55. The highest BCUT2D eigenvalue weighted by Crippen LogP contribution is 2.23. The minimum Gasteiger partial charge on any atom is -0.307 e. The molecule has 0 saturated carbocycles. The second kappa shape index (κ2) is 6.22. The minimum atomic E-state index is -0.790. The van der Waals surface area contributed by atoms with Crippen LogP contribution in [0, 0.1) is 20.2 Å². The Bertz CT molecular complexity index is 751. The first-order chi connectivity index (χ1) is 10.8. The maximum atomic E-state index is 12.2. The number of carbonyl (C=O) groups is 1. The second-order valence-corrected chi connectivity index (χ2v) is 4.96. The Hall–Kier alpha value is -3.30. The van der Waals surface area contributed by atoms with Crippen molar-refractivity contribution in [2.24, 2.45) is 0 Å². The third-order valence-electron chi connectivity index (χ3n) is 2.99. The van der Waals surface area contributed by atoms with E-state index in [1.54, 1.807) is 10.7 Å². The van der Waals surface area contributed by atoms with Crippen LogP contribution in [0.3, 0.4) is 0 Å². The van der Waals surface area contributed by atoms with Crippen molar-refractivity contribution in [1.82, 2.24) is 9.78 Å². The molecule has 1 heterocycles. The fourth-order valence-corrected chi connectivity index (χ4v) is 1.95. The van der Waals surface area contributed by atoms with Crippen molar-refractivity contribution in [2.75, 3.05) is 5.32 Å². The van der Waals surface area contributed by atoms with Crippen LogP contribution in [0.5, 0.6) is 0 Å². The molecule has 0 aliphatic heterocycles. The van der Waals surface area contributed by atoms with Crippen molar-refractivity contribution in [3.63, 3.8) is 0 Å². The first-order valence-corrected chi connectivity index (χ1v) is 6.58. The highest BCUT2D eigenvalue weighted by Gasteiger charge is 2.20. The van der Waals surface area contributed by atoms with Crippen molar-refractivity contribution in [1.29, 1.82) is 0 Å². The van der Waals surface area contributed by atoms with Gasteiger partial charge in [-0.05, 0) is 13.8 Å². The summed E-state index contributed by atoms with van der Waals surface area (Å²) >= 11 is 0. The number of amides is 1. The van der Waals surface area contributed by atoms with Crippen LogP contribution in [-0.2, 0) is 0 Å². The monoisotopic (exact) mass is 319 g/mol. The van der Waals surface area contributed by atoms with Gasteiger partial charge in [0.15, 0.2) is 0 Å². The van der Waals surface area contributed by atoms with Crippen LogP contribution in [0.1, 0.15) is 30.2 Å². The molecule has 1 N–H and O–H groups in total. The molecule has 0 saturated heterocycles. The van der Waals surface area contributed by atoms with Crippen LogP contribution in [0.4, 0.5) is 17.2 Å². The molecule has 0 bridgehead atoms. The third kappa shape index (κ3) is 3.48. The number of hydrogen-bond donors (Lipinski definition) is 1. The van der Waals surface area contributed by atoms with E-state index in [9.17, 15) is 25.0 Å². The van der Waals surface area contributed by atoms with E-state index in [2.05, 4.69) is 10.4 Å². The van der Waals surface area contributed by atoms with E-state index in [0.717, 1.165) is 18.2 Å². The Morgan fingerprint density at radius 1 is 1.17 bits per heavy atom. The summed E-state index contributed by atoms with van der Waals surface area (Å²) in [5.41, 5.74) is -1.23. The first kappa shape index (κ1) is 16.1. The molecule has 0 aliphatic carbocycles. The van der Waals surface area contributed by atoms with E-state index in [-0.39, 0.29) is 11.6 Å². The van der Waals surface area contributed by atoms with E-state index in [1.165, 1.54) is 6.20 Å². The lowest BCUT2D eigenvalue weighted by atomic mass is 10.1. The van der Waals surface area contributed by atoms with Crippen LogP contribution in [0.15, 0.2) is 30.5 Å². The number of rotatable bonds is 5. The lowest BCUT2D eigenvalue weighted by Gasteiger charge is -2.11. The summed E-state index contributed by atoms with van der Waals surface area (Å²) in [6, 6.07) is 4.31. The molecule has 1 amide bonds. The van der Waals surface area contributed by atoms with Crippen LogP contribution < -0.4 is 5.32 Å². The second-order valence-electron chi connectivity index (χ2n) is 4.96. The highest BCUT2D eigenvalue weighted by atomic mass is 16.6.